The zero-order valence-electron chi connectivity index (χ0n) is 12.7. The SMILES string of the molecule is CCn1c(CCC(=O)c2cccc(F)c2)nc2cc(Br)ccc21. The maximum Gasteiger partial charge on any atom is 0.163 e. The molecular formula is C18H16BrFN2O. The van der Waals surface area contributed by atoms with E-state index < -0.39 is 0 Å². The van der Waals surface area contributed by atoms with E-state index in [1.165, 1.54) is 12.1 Å². The van der Waals surface area contributed by atoms with Gasteiger partial charge in [-0.25, -0.2) is 9.37 Å². The summed E-state index contributed by atoms with van der Waals surface area (Å²) in [4.78, 5) is 16.9. The summed E-state index contributed by atoms with van der Waals surface area (Å²) in [6.07, 6.45) is 0.851. The molecule has 0 aliphatic carbocycles. The number of imidazole rings is 1. The van der Waals surface area contributed by atoms with Crippen molar-refractivity contribution in [3.63, 3.8) is 0 Å². The number of carbonyl (C=O) groups is 1. The van der Waals surface area contributed by atoms with Gasteiger partial charge in [-0.2, -0.15) is 0 Å². The Morgan fingerprint density at radius 2 is 2.09 bits per heavy atom. The van der Waals surface area contributed by atoms with Gasteiger partial charge in [-0.15, -0.1) is 0 Å². The van der Waals surface area contributed by atoms with Gasteiger partial charge in [0.1, 0.15) is 11.6 Å². The van der Waals surface area contributed by atoms with Crippen LogP contribution in [0.25, 0.3) is 11.0 Å². The highest BCUT2D eigenvalue weighted by atomic mass is 79.9. The van der Waals surface area contributed by atoms with Crippen LogP contribution in [-0.2, 0) is 13.0 Å². The molecule has 3 nitrogen and oxygen atoms in total. The molecule has 0 radical (unpaired) electrons. The summed E-state index contributed by atoms with van der Waals surface area (Å²) in [6, 6.07) is 11.8. The topological polar surface area (TPSA) is 34.9 Å². The van der Waals surface area contributed by atoms with Crippen molar-refractivity contribution in [2.75, 3.05) is 0 Å². The summed E-state index contributed by atoms with van der Waals surface area (Å²) in [5.74, 6) is 0.423. The molecule has 0 fully saturated rings. The van der Waals surface area contributed by atoms with Crippen molar-refractivity contribution in [3.05, 3.63) is 64.1 Å². The summed E-state index contributed by atoms with van der Waals surface area (Å²) in [5.41, 5.74) is 2.38. The first-order valence-corrected chi connectivity index (χ1v) is 8.31. The third-order valence-electron chi connectivity index (χ3n) is 3.83. The fourth-order valence-corrected chi connectivity index (χ4v) is 3.08. The Bertz CT molecular complexity index is 873. The van der Waals surface area contributed by atoms with E-state index in [9.17, 15) is 9.18 Å². The minimum absolute atomic E-state index is 0.0691. The number of benzene rings is 2. The molecule has 0 N–H and O–H groups in total. The van der Waals surface area contributed by atoms with Gasteiger partial charge in [0, 0.05) is 29.4 Å². The number of halogens is 2. The maximum absolute atomic E-state index is 13.2. The Balaban J connectivity index is 1.83. The number of rotatable bonds is 5. The Morgan fingerprint density at radius 3 is 2.83 bits per heavy atom. The van der Waals surface area contributed by atoms with Gasteiger partial charge >= 0.3 is 0 Å². The number of carbonyl (C=O) groups excluding carboxylic acids is 1. The average Bonchev–Trinajstić information content (AvgIpc) is 2.89. The van der Waals surface area contributed by atoms with Crippen LogP contribution in [0.3, 0.4) is 0 Å². The monoisotopic (exact) mass is 374 g/mol. The van der Waals surface area contributed by atoms with Crippen molar-refractivity contribution in [2.45, 2.75) is 26.3 Å². The molecule has 0 bridgehead atoms. The van der Waals surface area contributed by atoms with Gasteiger partial charge in [0.2, 0.25) is 0 Å². The van der Waals surface area contributed by atoms with Gasteiger partial charge < -0.3 is 4.57 Å². The summed E-state index contributed by atoms with van der Waals surface area (Å²) < 4.78 is 16.3. The normalized spacial score (nSPS) is 11.1. The third-order valence-corrected chi connectivity index (χ3v) is 4.32. The summed E-state index contributed by atoms with van der Waals surface area (Å²) in [6.45, 7) is 2.85. The van der Waals surface area contributed by atoms with Gasteiger partial charge in [-0.1, -0.05) is 28.1 Å². The minimum Gasteiger partial charge on any atom is -0.328 e. The fraction of sp³-hybridized carbons (Fsp3) is 0.222. The van der Waals surface area contributed by atoms with Crippen molar-refractivity contribution in [3.8, 4) is 0 Å². The van der Waals surface area contributed by atoms with Gasteiger partial charge in [0.25, 0.3) is 0 Å². The highest BCUT2D eigenvalue weighted by Crippen LogP contribution is 2.22. The number of fused-ring (bicyclic) bond motifs is 1. The molecule has 0 saturated carbocycles. The second kappa shape index (κ2) is 6.62. The van der Waals surface area contributed by atoms with Crippen LogP contribution in [0, 0.1) is 5.82 Å². The molecule has 5 heteroatoms. The molecule has 1 aromatic heterocycles. The van der Waals surface area contributed by atoms with E-state index in [1.54, 1.807) is 12.1 Å². The number of hydrogen-bond acceptors (Lipinski definition) is 2. The molecule has 0 unspecified atom stereocenters. The Labute approximate surface area is 142 Å². The smallest absolute Gasteiger partial charge is 0.163 e. The number of ketones is 1. The van der Waals surface area contributed by atoms with E-state index in [1.807, 2.05) is 18.2 Å². The molecule has 1 heterocycles. The predicted molar refractivity (Wildman–Crippen MR) is 92.2 cm³/mol. The molecule has 2 aromatic carbocycles. The number of aryl methyl sites for hydroxylation is 2. The van der Waals surface area contributed by atoms with Gasteiger partial charge in [-0.05, 0) is 37.3 Å². The second-order valence-electron chi connectivity index (χ2n) is 5.34. The Hall–Kier alpha value is -2.01. The van der Waals surface area contributed by atoms with Crippen LogP contribution in [0.2, 0.25) is 0 Å². The molecule has 3 aromatic rings. The van der Waals surface area contributed by atoms with Crippen molar-refractivity contribution >= 4 is 32.7 Å². The number of nitrogens with zero attached hydrogens (tertiary/aromatic N) is 2. The number of hydrogen-bond donors (Lipinski definition) is 0. The zero-order chi connectivity index (χ0) is 16.4. The fourth-order valence-electron chi connectivity index (χ4n) is 2.73. The summed E-state index contributed by atoms with van der Waals surface area (Å²) in [5, 5.41) is 0. The van der Waals surface area contributed by atoms with E-state index in [2.05, 4.69) is 32.4 Å². The molecule has 0 aliphatic heterocycles. The largest absolute Gasteiger partial charge is 0.328 e. The van der Waals surface area contributed by atoms with Crippen LogP contribution in [0.1, 0.15) is 29.5 Å². The van der Waals surface area contributed by atoms with Crippen molar-refractivity contribution in [1.82, 2.24) is 9.55 Å². The molecule has 0 spiro atoms. The van der Waals surface area contributed by atoms with Crippen LogP contribution in [0.15, 0.2) is 46.9 Å². The Morgan fingerprint density at radius 1 is 1.26 bits per heavy atom. The molecule has 0 aliphatic rings. The number of Topliss-reactive ketones (excluding diaryl/α,β-unsaturated/α-hetero) is 1. The van der Waals surface area contributed by atoms with Crippen molar-refractivity contribution in [1.29, 1.82) is 0 Å². The van der Waals surface area contributed by atoms with E-state index in [0.29, 0.717) is 18.4 Å². The highest BCUT2D eigenvalue weighted by molar-refractivity contribution is 9.10. The average molecular weight is 375 g/mol. The van der Waals surface area contributed by atoms with Crippen molar-refractivity contribution < 1.29 is 9.18 Å². The molecule has 0 amide bonds. The molecular weight excluding hydrogens is 359 g/mol. The van der Waals surface area contributed by atoms with E-state index >= 15 is 0 Å². The quantitative estimate of drug-likeness (QED) is 0.602. The van der Waals surface area contributed by atoms with E-state index in [0.717, 1.165) is 27.9 Å². The molecule has 0 atom stereocenters. The lowest BCUT2D eigenvalue weighted by Gasteiger charge is -2.06. The van der Waals surface area contributed by atoms with E-state index in [-0.39, 0.29) is 11.6 Å². The van der Waals surface area contributed by atoms with E-state index in [4.69, 9.17) is 0 Å². The lowest BCUT2D eigenvalue weighted by atomic mass is 10.1. The van der Waals surface area contributed by atoms with Crippen LogP contribution in [0.4, 0.5) is 4.39 Å². The molecule has 3 rings (SSSR count). The predicted octanol–water partition coefficient (Wildman–Crippen LogP) is 4.77. The Kier molecular flexibility index (Phi) is 4.57. The minimum atomic E-state index is -0.388. The highest BCUT2D eigenvalue weighted by Gasteiger charge is 2.13. The lowest BCUT2D eigenvalue weighted by Crippen LogP contribution is -2.06. The van der Waals surface area contributed by atoms with Crippen LogP contribution >= 0.6 is 15.9 Å². The standard InChI is InChI=1S/C18H16BrFN2O/c1-2-22-16-7-6-13(19)11-15(16)21-18(22)9-8-17(23)12-4-3-5-14(20)10-12/h3-7,10-11H,2,8-9H2,1H3. The summed E-state index contributed by atoms with van der Waals surface area (Å²) in [7, 11) is 0. The summed E-state index contributed by atoms with van der Waals surface area (Å²) >= 11 is 3.45. The molecule has 0 saturated heterocycles. The number of aromatic nitrogens is 2. The lowest BCUT2D eigenvalue weighted by molar-refractivity contribution is 0.0981. The third kappa shape index (κ3) is 3.34. The van der Waals surface area contributed by atoms with Crippen LogP contribution in [-0.4, -0.2) is 15.3 Å². The first-order chi connectivity index (χ1) is 11.1. The molecule has 118 valence electrons. The van der Waals surface area contributed by atoms with Gasteiger partial charge in [0.15, 0.2) is 5.78 Å². The van der Waals surface area contributed by atoms with Gasteiger partial charge in [-0.3, -0.25) is 4.79 Å². The van der Waals surface area contributed by atoms with Gasteiger partial charge in [0.05, 0.1) is 11.0 Å². The van der Waals surface area contributed by atoms with Crippen molar-refractivity contribution in [2.24, 2.45) is 0 Å². The second-order valence-corrected chi connectivity index (χ2v) is 6.25. The van der Waals surface area contributed by atoms with Crippen LogP contribution in [0.5, 0.6) is 0 Å². The zero-order valence-corrected chi connectivity index (χ0v) is 14.3. The maximum atomic E-state index is 13.2. The first kappa shape index (κ1) is 15.9. The molecule has 23 heavy (non-hydrogen) atoms. The first-order valence-electron chi connectivity index (χ1n) is 7.52. The van der Waals surface area contributed by atoms with Crippen LogP contribution < -0.4 is 0 Å².